The number of fused-ring (bicyclic) bond motifs is 1. The number of benzene rings is 3. The number of halogens is 2. The second-order valence-corrected chi connectivity index (χ2v) is 9.95. The van der Waals surface area contributed by atoms with Crippen LogP contribution in [0.2, 0.25) is 10.0 Å². The van der Waals surface area contributed by atoms with Crippen LogP contribution in [-0.4, -0.2) is 52.1 Å². The van der Waals surface area contributed by atoms with Crippen molar-refractivity contribution in [3.8, 4) is 11.3 Å². The number of amides is 1. The molecule has 2 aromatic heterocycles. The average Bonchev–Trinajstić information content (AvgIpc) is 3.37. The van der Waals surface area contributed by atoms with E-state index >= 15 is 0 Å². The molecule has 0 bridgehead atoms. The molecule has 0 saturated carbocycles. The van der Waals surface area contributed by atoms with E-state index in [1.165, 1.54) is 0 Å². The van der Waals surface area contributed by atoms with Crippen molar-refractivity contribution in [2.75, 3.05) is 31.1 Å². The number of rotatable bonds is 5. The summed E-state index contributed by atoms with van der Waals surface area (Å²) in [7, 11) is 0. The Morgan fingerprint density at radius 3 is 2.29 bits per heavy atom. The largest absolute Gasteiger partial charge is 0.352 e. The van der Waals surface area contributed by atoms with Gasteiger partial charge in [0.2, 0.25) is 0 Å². The lowest BCUT2D eigenvalue weighted by Crippen LogP contribution is -2.49. The topological polar surface area (TPSA) is 75.4 Å². The van der Waals surface area contributed by atoms with Crippen molar-refractivity contribution in [1.82, 2.24) is 20.0 Å². The van der Waals surface area contributed by atoms with Crippen molar-refractivity contribution in [3.63, 3.8) is 0 Å². The minimum atomic E-state index is -0.112. The van der Waals surface area contributed by atoms with E-state index < -0.39 is 0 Å². The van der Waals surface area contributed by atoms with Crippen LogP contribution in [0.3, 0.4) is 0 Å². The molecular weight excluding hydrogens is 521 g/mol. The standard InChI is InChI=1S/C29H23Cl2N5O2/c30-21-11-12-22(23(31)18-21)29(37)36-15-13-35(14-16-36)27-25-26(20-9-5-2-6-10-20)34-38-28(25)33-24(32-27)17-19-7-3-1-4-8-19/h1-12,18H,13-17H2. The van der Waals surface area contributed by atoms with Crippen LogP contribution >= 0.6 is 23.2 Å². The predicted molar refractivity (Wildman–Crippen MR) is 149 cm³/mol. The number of piperazine rings is 1. The summed E-state index contributed by atoms with van der Waals surface area (Å²) in [6.07, 6.45) is 0.568. The van der Waals surface area contributed by atoms with Gasteiger partial charge >= 0.3 is 0 Å². The summed E-state index contributed by atoms with van der Waals surface area (Å²) in [5.41, 5.74) is 3.64. The summed E-state index contributed by atoms with van der Waals surface area (Å²) in [4.78, 5) is 26.9. The third-order valence-corrected chi connectivity index (χ3v) is 7.19. The molecule has 7 nitrogen and oxygen atoms in total. The van der Waals surface area contributed by atoms with Gasteiger partial charge in [0, 0.05) is 43.2 Å². The van der Waals surface area contributed by atoms with E-state index in [9.17, 15) is 4.79 Å². The Kier molecular flexibility index (Phi) is 6.70. The van der Waals surface area contributed by atoms with E-state index in [1.54, 1.807) is 23.1 Å². The molecule has 3 heterocycles. The minimum Gasteiger partial charge on any atom is -0.352 e. The van der Waals surface area contributed by atoms with E-state index in [0.717, 1.165) is 22.3 Å². The van der Waals surface area contributed by atoms with Crippen molar-refractivity contribution >= 4 is 46.0 Å². The first-order valence-electron chi connectivity index (χ1n) is 12.3. The van der Waals surface area contributed by atoms with Crippen LogP contribution in [0.25, 0.3) is 22.4 Å². The van der Waals surface area contributed by atoms with E-state index in [-0.39, 0.29) is 5.91 Å². The molecule has 1 saturated heterocycles. The summed E-state index contributed by atoms with van der Waals surface area (Å²) in [6, 6.07) is 24.9. The van der Waals surface area contributed by atoms with E-state index in [0.29, 0.717) is 65.4 Å². The molecule has 0 aliphatic carbocycles. The van der Waals surface area contributed by atoms with Crippen molar-refractivity contribution < 1.29 is 9.32 Å². The summed E-state index contributed by atoms with van der Waals surface area (Å²) >= 11 is 12.3. The molecule has 3 aromatic carbocycles. The van der Waals surface area contributed by atoms with E-state index in [2.05, 4.69) is 22.2 Å². The van der Waals surface area contributed by atoms with Gasteiger partial charge in [-0.3, -0.25) is 4.79 Å². The number of anilines is 1. The Balaban J connectivity index is 1.33. The van der Waals surface area contributed by atoms with Gasteiger partial charge in [0.1, 0.15) is 22.7 Å². The molecule has 0 atom stereocenters. The maximum Gasteiger partial charge on any atom is 0.263 e. The number of nitrogens with zero attached hydrogens (tertiary/aromatic N) is 5. The maximum absolute atomic E-state index is 13.2. The van der Waals surface area contributed by atoms with E-state index in [1.807, 2.05) is 48.5 Å². The molecular formula is C29H23Cl2N5O2. The maximum atomic E-state index is 13.2. The highest BCUT2D eigenvalue weighted by Gasteiger charge is 2.28. The first-order valence-corrected chi connectivity index (χ1v) is 13.1. The molecule has 9 heteroatoms. The quantitative estimate of drug-likeness (QED) is 0.265. The molecule has 0 radical (unpaired) electrons. The number of hydrogen-bond donors (Lipinski definition) is 0. The number of carbonyl (C=O) groups excluding carboxylic acids is 1. The van der Waals surface area contributed by atoms with Gasteiger partial charge in [-0.15, -0.1) is 0 Å². The Labute approximate surface area is 229 Å². The van der Waals surface area contributed by atoms with Crippen LogP contribution in [0, 0.1) is 0 Å². The minimum absolute atomic E-state index is 0.112. The Hall–Kier alpha value is -3.94. The fourth-order valence-corrected chi connectivity index (χ4v) is 5.20. The zero-order valence-corrected chi connectivity index (χ0v) is 21.9. The lowest BCUT2D eigenvalue weighted by Gasteiger charge is -2.36. The van der Waals surface area contributed by atoms with Gasteiger partial charge < -0.3 is 14.3 Å². The Morgan fingerprint density at radius 1 is 0.868 bits per heavy atom. The van der Waals surface area contributed by atoms with Crippen molar-refractivity contribution in [2.45, 2.75) is 6.42 Å². The van der Waals surface area contributed by atoms with Gasteiger partial charge in [0.05, 0.1) is 10.6 Å². The normalized spacial score (nSPS) is 13.7. The summed E-state index contributed by atoms with van der Waals surface area (Å²) < 4.78 is 5.74. The SMILES string of the molecule is O=C(c1ccc(Cl)cc1Cl)N1CCN(c2nc(Cc3ccccc3)nc3onc(-c4ccccc4)c23)CC1. The van der Waals surface area contributed by atoms with Gasteiger partial charge in [-0.05, 0) is 23.8 Å². The molecule has 6 rings (SSSR count). The zero-order valence-electron chi connectivity index (χ0n) is 20.3. The van der Waals surface area contributed by atoms with Gasteiger partial charge in [-0.2, -0.15) is 4.98 Å². The lowest BCUT2D eigenvalue weighted by atomic mass is 10.1. The first-order chi connectivity index (χ1) is 18.6. The molecule has 5 aromatic rings. The Morgan fingerprint density at radius 2 is 1.58 bits per heavy atom. The van der Waals surface area contributed by atoms with Gasteiger partial charge in [0.25, 0.3) is 11.6 Å². The molecule has 1 fully saturated rings. The fourth-order valence-electron chi connectivity index (χ4n) is 4.71. The zero-order chi connectivity index (χ0) is 26.1. The second-order valence-electron chi connectivity index (χ2n) is 9.11. The summed E-state index contributed by atoms with van der Waals surface area (Å²) in [5.74, 6) is 1.30. The van der Waals surface area contributed by atoms with Crippen molar-refractivity contribution in [3.05, 3.63) is 106 Å². The molecule has 1 amide bonds. The van der Waals surface area contributed by atoms with E-state index in [4.69, 9.17) is 37.7 Å². The van der Waals surface area contributed by atoms with Crippen LogP contribution < -0.4 is 4.90 Å². The molecule has 1 aliphatic heterocycles. The molecule has 0 spiro atoms. The van der Waals surface area contributed by atoms with Crippen LogP contribution in [0.4, 0.5) is 5.82 Å². The molecule has 1 aliphatic rings. The van der Waals surface area contributed by atoms with Crippen LogP contribution in [0.5, 0.6) is 0 Å². The third kappa shape index (κ3) is 4.83. The van der Waals surface area contributed by atoms with Gasteiger partial charge in [0.15, 0.2) is 0 Å². The van der Waals surface area contributed by atoms with Gasteiger partial charge in [-0.1, -0.05) is 89.0 Å². The summed E-state index contributed by atoms with van der Waals surface area (Å²) in [5, 5.41) is 6.00. The van der Waals surface area contributed by atoms with Gasteiger partial charge in [-0.25, -0.2) is 4.98 Å². The highest BCUT2D eigenvalue weighted by molar-refractivity contribution is 6.36. The highest BCUT2D eigenvalue weighted by atomic mass is 35.5. The average molecular weight is 544 g/mol. The first kappa shape index (κ1) is 24.4. The molecule has 0 unspecified atom stereocenters. The lowest BCUT2D eigenvalue weighted by molar-refractivity contribution is 0.0747. The third-order valence-electron chi connectivity index (χ3n) is 6.64. The molecule has 38 heavy (non-hydrogen) atoms. The van der Waals surface area contributed by atoms with Crippen LogP contribution in [0.1, 0.15) is 21.7 Å². The number of hydrogen-bond acceptors (Lipinski definition) is 6. The number of carbonyl (C=O) groups is 1. The highest BCUT2D eigenvalue weighted by Crippen LogP contribution is 2.34. The molecule has 190 valence electrons. The summed E-state index contributed by atoms with van der Waals surface area (Å²) in [6.45, 7) is 2.22. The molecule has 0 N–H and O–H groups in total. The van der Waals surface area contributed by atoms with Crippen LogP contribution in [0.15, 0.2) is 83.4 Å². The van der Waals surface area contributed by atoms with Crippen LogP contribution in [-0.2, 0) is 6.42 Å². The number of aromatic nitrogens is 3. The predicted octanol–water partition coefficient (Wildman–Crippen LogP) is 6.14. The Bertz CT molecular complexity index is 1600. The smallest absolute Gasteiger partial charge is 0.263 e. The monoisotopic (exact) mass is 543 g/mol. The second kappa shape index (κ2) is 10.4. The van der Waals surface area contributed by atoms with Crippen molar-refractivity contribution in [2.24, 2.45) is 0 Å². The fraction of sp³-hybridized carbons (Fsp3) is 0.172. The van der Waals surface area contributed by atoms with Crippen molar-refractivity contribution in [1.29, 1.82) is 0 Å².